The predicted molar refractivity (Wildman–Crippen MR) is 270 cm³/mol. The summed E-state index contributed by atoms with van der Waals surface area (Å²) in [6.07, 6.45) is 61.6. The summed E-state index contributed by atoms with van der Waals surface area (Å²) in [5, 5.41) is 0. The second kappa shape index (κ2) is 52.3. The Hall–Kier alpha value is -2.37. The SMILES string of the molecule is CCCCC/C=C\C/C=C\C/C=C\CCCCCCCCC(=O)OC(COC(=O)CCCCCCCC)COC(=O)CCCCCCCCCCCCCCCCCCCCCC. The van der Waals surface area contributed by atoms with Gasteiger partial charge in [0, 0.05) is 19.3 Å². The normalized spacial score (nSPS) is 12.2. The lowest BCUT2D eigenvalue weighted by molar-refractivity contribution is -0.167. The molecule has 0 heterocycles. The van der Waals surface area contributed by atoms with Gasteiger partial charge in [-0.3, -0.25) is 14.4 Å². The summed E-state index contributed by atoms with van der Waals surface area (Å²) in [6.45, 7) is 6.57. The molecule has 6 heteroatoms. The third-order valence-electron chi connectivity index (χ3n) is 12.1. The Kier molecular flexibility index (Phi) is 50.3. The van der Waals surface area contributed by atoms with Crippen molar-refractivity contribution >= 4 is 17.9 Å². The lowest BCUT2D eigenvalue weighted by Crippen LogP contribution is -2.30. The van der Waals surface area contributed by atoms with Crippen molar-refractivity contribution in [2.75, 3.05) is 13.2 Å². The molecular formula is C57H104O6. The molecule has 0 aromatic rings. The summed E-state index contributed by atoms with van der Waals surface area (Å²) in [6, 6.07) is 0. The van der Waals surface area contributed by atoms with E-state index in [1.54, 1.807) is 0 Å². The Morgan fingerprint density at radius 2 is 0.571 bits per heavy atom. The minimum Gasteiger partial charge on any atom is -0.462 e. The van der Waals surface area contributed by atoms with Gasteiger partial charge in [-0.1, -0.05) is 250 Å². The summed E-state index contributed by atoms with van der Waals surface area (Å²) >= 11 is 0. The van der Waals surface area contributed by atoms with Crippen LogP contribution in [-0.4, -0.2) is 37.2 Å². The van der Waals surface area contributed by atoms with Crippen molar-refractivity contribution in [2.45, 2.75) is 297 Å². The zero-order valence-electron chi connectivity index (χ0n) is 42.1. The third kappa shape index (κ3) is 50.5. The summed E-state index contributed by atoms with van der Waals surface area (Å²) in [7, 11) is 0. The molecule has 0 aromatic carbocycles. The Bertz CT molecular complexity index is 1060. The van der Waals surface area contributed by atoms with Gasteiger partial charge in [0.25, 0.3) is 0 Å². The Morgan fingerprint density at radius 3 is 0.921 bits per heavy atom. The average Bonchev–Trinajstić information content (AvgIpc) is 3.28. The molecule has 0 aromatic heterocycles. The minimum atomic E-state index is -0.773. The van der Waals surface area contributed by atoms with E-state index in [-0.39, 0.29) is 31.1 Å². The molecule has 0 saturated carbocycles. The van der Waals surface area contributed by atoms with E-state index >= 15 is 0 Å². The predicted octanol–water partition coefficient (Wildman–Crippen LogP) is 18.1. The second-order valence-corrected chi connectivity index (χ2v) is 18.5. The molecule has 0 fully saturated rings. The number of hydrogen-bond donors (Lipinski definition) is 0. The molecule has 0 amide bonds. The van der Waals surface area contributed by atoms with E-state index in [4.69, 9.17) is 14.2 Å². The molecule has 0 saturated heterocycles. The number of hydrogen-bond acceptors (Lipinski definition) is 6. The Labute approximate surface area is 391 Å². The number of carbonyl (C=O) groups excluding carboxylic acids is 3. The highest BCUT2D eigenvalue weighted by Crippen LogP contribution is 2.16. The molecule has 0 spiro atoms. The van der Waals surface area contributed by atoms with Gasteiger partial charge in [0.1, 0.15) is 13.2 Å². The maximum Gasteiger partial charge on any atom is 0.306 e. The van der Waals surface area contributed by atoms with Crippen molar-refractivity contribution in [1.29, 1.82) is 0 Å². The molecule has 0 N–H and O–H groups in total. The summed E-state index contributed by atoms with van der Waals surface area (Å²) < 4.78 is 16.7. The van der Waals surface area contributed by atoms with Gasteiger partial charge >= 0.3 is 17.9 Å². The molecular weight excluding hydrogens is 781 g/mol. The fraction of sp³-hybridized carbons (Fsp3) is 0.842. The largest absolute Gasteiger partial charge is 0.462 e. The number of carbonyl (C=O) groups is 3. The van der Waals surface area contributed by atoms with Crippen LogP contribution in [0.15, 0.2) is 36.5 Å². The van der Waals surface area contributed by atoms with E-state index in [1.165, 1.54) is 173 Å². The van der Waals surface area contributed by atoms with Gasteiger partial charge in [-0.25, -0.2) is 0 Å². The van der Waals surface area contributed by atoms with Gasteiger partial charge in [-0.05, 0) is 57.8 Å². The first-order valence-corrected chi connectivity index (χ1v) is 27.5. The highest BCUT2D eigenvalue weighted by atomic mass is 16.6. The first kappa shape index (κ1) is 60.6. The monoisotopic (exact) mass is 885 g/mol. The molecule has 1 atom stereocenters. The molecule has 0 aliphatic heterocycles. The van der Waals surface area contributed by atoms with Gasteiger partial charge in [-0.2, -0.15) is 0 Å². The Morgan fingerprint density at radius 1 is 0.317 bits per heavy atom. The number of unbranched alkanes of at least 4 members (excludes halogenated alkanes) is 33. The van der Waals surface area contributed by atoms with Crippen LogP contribution in [0.1, 0.15) is 290 Å². The van der Waals surface area contributed by atoms with E-state index < -0.39 is 6.10 Å². The number of rotatable bonds is 50. The topological polar surface area (TPSA) is 78.9 Å². The molecule has 368 valence electrons. The maximum absolute atomic E-state index is 12.8. The smallest absolute Gasteiger partial charge is 0.306 e. The van der Waals surface area contributed by atoms with E-state index in [0.717, 1.165) is 77.0 Å². The molecule has 1 unspecified atom stereocenters. The van der Waals surface area contributed by atoms with Crippen LogP contribution in [0, 0.1) is 0 Å². The van der Waals surface area contributed by atoms with Crippen LogP contribution in [0.3, 0.4) is 0 Å². The zero-order valence-corrected chi connectivity index (χ0v) is 42.1. The first-order valence-electron chi connectivity index (χ1n) is 27.5. The summed E-state index contributed by atoms with van der Waals surface area (Å²) in [5.74, 6) is -0.883. The molecule has 0 aliphatic carbocycles. The summed E-state index contributed by atoms with van der Waals surface area (Å²) in [4.78, 5) is 37.8. The fourth-order valence-corrected chi connectivity index (χ4v) is 7.98. The Balaban J connectivity index is 4.17. The van der Waals surface area contributed by atoms with Gasteiger partial charge < -0.3 is 14.2 Å². The number of allylic oxidation sites excluding steroid dienone is 6. The number of esters is 3. The van der Waals surface area contributed by atoms with Gasteiger partial charge in [0.15, 0.2) is 6.10 Å². The lowest BCUT2D eigenvalue weighted by Gasteiger charge is -2.18. The van der Waals surface area contributed by atoms with E-state index in [9.17, 15) is 14.4 Å². The van der Waals surface area contributed by atoms with E-state index in [0.29, 0.717) is 19.3 Å². The van der Waals surface area contributed by atoms with Crippen LogP contribution in [-0.2, 0) is 28.6 Å². The highest BCUT2D eigenvalue weighted by Gasteiger charge is 2.19. The van der Waals surface area contributed by atoms with Crippen LogP contribution in [0.25, 0.3) is 0 Å². The van der Waals surface area contributed by atoms with Crippen LogP contribution >= 0.6 is 0 Å². The van der Waals surface area contributed by atoms with Crippen molar-refractivity contribution in [1.82, 2.24) is 0 Å². The maximum atomic E-state index is 12.8. The second-order valence-electron chi connectivity index (χ2n) is 18.5. The van der Waals surface area contributed by atoms with Gasteiger partial charge in [-0.15, -0.1) is 0 Å². The minimum absolute atomic E-state index is 0.0741. The molecule has 0 radical (unpaired) electrons. The van der Waals surface area contributed by atoms with Crippen molar-refractivity contribution in [3.05, 3.63) is 36.5 Å². The summed E-state index contributed by atoms with van der Waals surface area (Å²) in [5.41, 5.74) is 0. The van der Waals surface area contributed by atoms with Crippen LogP contribution in [0.2, 0.25) is 0 Å². The standard InChI is InChI=1S/C57H104O6/c1-4-7-10-13-16-18-20-22-24-26-28-30-31-33-35-37-39-41-44-47-50-56(59)62-53-54(52-61-55(58)49-46-43-15-12-9-6-3)63-57(60)51-48-45-42-40-38-36-34-32-29-27-25-23-21-19-17-14-11-8-5-2/h17,19,23,25,29,32,54H,4-16,18,20-22,24,26-28,30-31,33-53H2,1-3H3/b19-17-,25-23-,32-29-. The van der Waals surface area contributed by atoms with Crippen molar-refractivity contribution in [3.63, 3.8) is 0 Å². The lowest BCUT2D eigenvalue weighted by atomic mass is 10.0. The third-order valence-corrected chi connectivity index (χ3v) is 12.1. The first-order chi connectivity index (χ1) is 31.0. The fourth-order valence-electron chi connectivity index (χ4n) is 7.98. The quantitative estimate of drug-likeness (QED) is 0.0262. The molecule has 0 aliphatic rings. The van der Waals surface area contributed by atoms with Crippen molar-refractivity contribution < 1.29 is 28.6 Å². The van der Waals surface area contributed by atoms with Crippen molar-refractivity contribution in [2.24, 2.45) is 0 Å². The zero-order chi connectivity index (χ0) is 45.8. The highest BCUT2D eigenvalue weighted by molar-refractivity contribution is 5.71. The van der Waals surface area contributed by atoms with Crippen LogP contribution in [0.5, 0.6) is 0 Å². The van der Waals surface area contributed by atoms with Crippen LogP contribution in [0.4, 0.5) is 0 Å². The molecule has 63 heavy (non-hydrogen) atoms. The molecule has 0 rings (SSSR count). The van der Waals surface area contributed by atoms with Crippen molar-refractivity contribution in [3.8, 4) is 0 Å². The molecule has 6 nitrogen and oxygen atoms in total. The van der Waals surface area contributed by atoms with Crippen LogP contribution < -0.4 is 0 Å². The molecule has 0 bridgehead atoms. The van der Waals surface area contributed by atoms with Gasteiger partial charge in [0.05, 0.1) is 0 Å². The average molecular weight is 885 g/mol. The van der Waals surface area contributed by atoms with E-state index in [1.807, 2.05) is 0 Å². The van der Waals surface area contributed by atoms with E-state index in [2.05, 4.69) is 57.2 Å². The number of ether oxygens (including phenoxy) is 3. The van der Waals surface area contributed by atoms with Gasteiger partial charge in [0.2, 0.25) is 0 Å².